The third-order valence-corrected chi connectivity index (χ3v) is 6.17. The summed E-state index contributed by atoms with van der Waals surface area (Å²) in [5, 5.41) is 0. The number of ether oxygens (including phenoxy) is 11. The van der Waals surface area contributed by atoms with E-state index in [1.807, 2.05) is 0 Å². The number of esters is 8. The van der Waals surface area contributed by atoms with Crippen molar-refractivity contribution in [3.05, 3.63) is 0 Å². The van der Waals surface area contributed by atoms with E-state index in [9.17, 15) is 38.4 Å². The summed E-state index contributed by atoms with van der Waals surface area (Å²) in [7, 11) is 0. The first kappa shape index (κ1) is 38.8. The molecule has 0 radical (unpaired) electrons. The summed E-state index contributed by atoms with van der Waals surface area (Å²) in [6.45, 7) is 7.05. The molecule has 2 saturated heterocycles. The molecule has 47 heavy (non-hydrogen) atoms. The molecule has 0 saturated carbocycles. The van der Waals surface area contributed by atoms with Crippen LogP contribution in [0.5, 0.6) is 0 Å². The van der Waals surface area contributed by atoms with Crippen LogP contribution in [0.2, 0.25) is 0 Å². The average Bonchev–Trinajstić information content (AvgIpc) is 2.91. The standard InChI is InChI=1S/C28H38O19/c1-11(29)37-9-19-21(39-13(3)31)23(40-14(4)32)26(43-17(7)35)28(46-19)47-22-20(10-38-12(2)30)45-27(44-18(8)36)25(42-16(6)34)24(22)41-15(5)33/h19-28H,9-10H2,1-8H3/t19?,20?,21-,22-,23?,24?,25+,26+,27+,28-/m0/s1. The smallest absolute Gasteiger partial charge is 0.305 e. The van der Waals surface area contributed by atoms with Gasteiger partial charge in [-0.05, 0) is 0 Å². The Kier molecular flexibility index (Phi) is 14.5. The highest BCUT2D eigenvalue weighted by molar-refractivity contribution is 5.70. The van der Waals surface area contributed by atoms with Crippen LogP contribution in [0, 0.1) is 0 Å². The molecule has 2 rings (SSSR count). The van der Waals surface area contributed by atoms with Crippen LogP contribution in [0.4, 0.5) is 0 Å². The van der Waals surface area contributed by atoms with Gasteiger partial charge < -0.3 is 52.1 Å². The Morgan fingerprint density at radius 2 is 0.702 bits per heavy atom. The third kappa shape index (κ3) is 12.1. The Morgan fingerprint density at radius 3 is 1.11 bits per heavy atom. The first-order chi connectivity index (χ1) is 21.9. The minimum absolute atomic E-state index is 0.590. The van der Waals surface area contributed by atoms with Gasteiger partial charge in [0.15, 0.2) is 30.7 Å². The van der Waals surface area contributed by atoms with Gasteiger partial charge >= 0.3 is 47.8 Å². The molecule has 0 aromatic rings. The molecular formula is C28H38O19. The lowest BCUT2D eigenvalue weighted by atomic mass is 9.96. The van der Waals surface area contributed by atoms with Gasteiger partial charge in [0.05, 0.1) is 0 Å². The first-order valence-electron chi connectivity index (χ1n) is 14.2. The van der Waals surface area contributed by atoms with Crippen molar-refractivity contribution in [1.29, 1.82) is 0 Å². The summed E-state index contributed by atoms with van der Waals surface area (Å²) < 4.78 is 60.2. The van der Waals surface area contributed by atoms with Crippen molar-refractivity contribution in [2.45, 2.75) is 117 Å². The Balaban J connectivity index is 2.73. The van der Waals surface area contributed by atoms with E-state index in [0.29, 0.717) is 0 Å². The monoisotopic (exact) mass is 678 g/mol. The van der Waals surface area contributed by atoms with E-state index in [4.69, 9.17) is 52.1 Å². The molecule has 2 fully saturated rings. The predicted octanol–water partition coefficient (Wildman–Crippen LogP) is -0.831. The summed E-state index contributed by atoms with van der Waals surface area (Å²) in [6, 6.07) is 0. The summed E-state index contributed by atoms with van der Waals surface area (Å²) in [5.74, 6) is -7.02. The number of carbonyl (C=O) groups excluding carboxylic acids is 8. The zero-order valence-corrected chi connectivity index (χ0v) is 26.9. The second-order valence-corrected chi connectivity index (χ2v) is 10.3. The fourth-order valence-corrected chi connectivity index (χ4v) is 4.73. The molecular weight excluding hydrogens is 640 g/mol. The van der Waals surface area contributed by atoms with Gasteiger partial charge in [0.25, 0.3) is 0 Å². The molecule has 0 aliphatic carbocycles. The van der Waals surface area contributed by atoms with E-state index in [1.165, 1.54) is 0 Å². The van der Waals surface area contributed by atoms with Gasteiger partial charge in [0.1, 0.15) is 31.5 Å². The van der Waals surface area contributed by atoms with Gasteiger partial charge in [0.2, 0.25) is 12.4 Å². The van der Waals surface area contributed by atoms with Crippen molar-refractivity contribution in [3.8, 4) is 0 Å². The molecule has 2 aliphatic heterocycles. The lowest BCUT2D eigenvalue weighted by Gasteiger charge is -2.48. The van der Waals surface area contributed by atoms with E-state index >= 15 is 0 Å². The second kappa shape index (κ2) is 17.5. The van der Waals surface area contributed by atoms with Crippen molar-refractivity contribution in [1.82, 2.24) is 0 Å². The Hall–Kier alpha value is -4.36. The maximum absolute atomic E-state index is 12.3. The second-order valence-electron chi connectivity index (χ2n) is 10.3. The molecule has 10 atom stereocenters. The summed E-state index contributed by atoms with van der Waals surface area (Å²) in [6.07, 6.45) is -16.3. The van der Waals surface area contributed by atoms with Crippen LogP contribution in [-0.2, 0) is 90.5 Å². The Labute approximate surface area is 268 Å². The van der Waals surface area contributed by atoms with Crippen molar-refractivity contribution in [2.75, 3.05) is 13.2 Å². The Bertz CT molecular complexity index is 1200. The highest BCUT2D eigenvalue weighted by atomic mass is 16.8. The fraction of sp³-hybridized carbons (Fsp3) is 0.714. The molecule has 0 aromatic carbocycles. The normalized spacial score (nSPS) is 30.0. The van der Waals surface area contributed by atoms with Gasteiger partial charge in [-0.25, -0.2) is 0 Å². The number of hydrogen-bond acceptors (Lipinski definition) is 19. The van der Waals surface area contributed by atoms with Crippen LogP contribution in [0.15, 0.2) is 0 Å². The highest BCUT2D eigenvalue weighted by Crippen LogP contribution is 2.35. The van der Waals surface area contributed by atoms with Crippen LogP contribution < -0.4 is 0 Å². The van der Waals surface area contributed by atoms with Gasteiger partial charge in [-0.1, -0.05) is 0 Å². The van der Waals surface area contributed by atoms with Crippen LogP contribution in [0.25, 0.3) is 0 Å². The van der Waals surface area contributed by atoms with E-state index < -0.39 is 122 Å². The number of hydrogen-bond donors (Lipinski definition) is 0. The van der Waals surface area contributed by atoms with Gasteiger partial charge in [0, 0.05) is 55.4 Å². The maximum atomic E-state index is 12.3. The molecule has 2 heterocycles. The van der Waals surface area contributed by atoms with Crippen molar-refractivity contribution in [3.63, 3.8) is 0 Å². The summed E-state index contributed by atoms with van der Waals surface area (Å²) in [4.78, 5) is 96.3. The van der Waals surface area contributed by atoms with E-state index in [-0.39, 0.29) is 0 Å². The molecule has 0 bridgehead atoms. The van der Waals surface area contributed by atoms with E-state index in [0.717, 1.165) is 55.4 Å². The lowest BCUT2D eigenvalue weighted by Crippen LogP contribution is -2.67. The van der Waals surface area contributed by atoms with E-state index in [1.54, 1.807) is 0 Å². The largest absolute Gasteiger partial charge is 0.463 e. The molecule has 264 valence electrons. The summed E-state index contributed by atoms with van der Waals surface area (Å²) >= 11 is 0. The minimum atomic E-state index is -1.83. The van der Waals surface area contributed by atoms with Crippen LogP contribution >= 0.6 is 0 Å². The predicted molar refractivity (Wildman–Crippen MR) is 145 cm³/mol. The molecule has 4 unspecified atom stereocenters. The highest BCUT2D eigenvalue weighted by Gasteiger charge is 2.58. The zero-order chi connectivity index (χ0) is 35.6. The van der Waals surface area contributed by atoms with Crippen molar-refractivity contribution in [2.24, 2.45) is 0 Å². The number of carbonyl (C=O) groups is 8. The van der Waals surface area contributed by atoms with Crippen LogP contribution in [0.3, 0.4) is 0 Å². The molecule has 0 N–H and O–H groups in total. The molecule has 19 heteroatoms. The minimum Gasteiger partial charge on any atom is -0.463 e. The lowest BCUT2D eigenvalue weighted by molar-refractivity contribution is -0.357. The molecule has 0 spiro atoms. The van der Waals surface area contributed by atoms with Crippen molar-refractivity contribution >= 4 is 47.8 Å². The van der Waals surface area contributed by atoms with Crippen molar-refractivity contribution < 1.29 is 90.5 Å². The third-order valence-electron chi connectivity index (χ3n) is 6.17. The molecule has 19 nitrogen and oxygen atoms in total. The maximum Gasteiger partial charge on any atom is 0.305 e. The van der Waals surface area contributed by atoms with Gasteiger partial charge in [-0.3, -0.25) is 38.4 Å². The first-order valence-corrected chi connectivity index (χ1v) is 14.2. The molecule has 0 aromatic heterocycles. The van der Waals surface area contributed by atoms with Crippen LogP contribution in [-0.4, -0.2) is 122 Å². The van der Waals surface area contributed by atoms with Gasteiger partial charge in [-0.15, -0.1) is 0 Å². The summed E-state index contributed by atoms with van der Waals surface area (Å²) in [5.41, 5.74) is 0. The quantitative estimate of drug-likeness (QED) is 0.181. The average molecular weight is 679 g/mol. The Morgan fingerprint density at radius 1 is 0.383 bits per heavy atom. The fourth-order valence-electron chi connectivity index (χ4n) is 4.73. The zero-order valence-electron chi connectivity index (χ0n) is 26.9. The SMILES string of the molecule is CC(=O)OCC1O[C@@H](O[C@H]2C(COC(C)=O)O[C@@H](OC(C)=O)[C@H](OC(C)=O)C2OC(C)=O)[C@H](OC(C)=O)C(OC(C)=O)[C@H]1OC(C)=O. The molecule has 0 amide bonds. The van der Waals surface area contributed by atoms with E-state index in [2.05, 4.69) is 0 Å². The molecule has 2 aliphatic rings. The topological polar surface area (TPSA) is 238 Å². The van der Waals surface area contributed by atoms with Gasteiger partial charge in [-0.2, -0.15) is 0 Å². The number of rotatable bonds is 12. The van der Waals surface area contributed by atoms with Crippen LogP contribution in [0.1, 0.15) is 55.4 Å².